The molecule has 1 saturated carbocycles. The fourth-order valence-electron chi connectivity index (χ4n) is 3.52. The minimum Gasteiger partial charge on any atom is -0.356 e. The van der Waals surface area contributed by atoms with Gasteiger partial charge >= 0.3 is 0 Å². The third-order valence-corrected chi connectivity index (χ3v) is 4.60. The Morgan fingerprint density at radius 3 is 2.72 bits per heavy atom. The SMILES string of the molecule is O=C(c1cc(Cl)c[nH]1)N1CCCC1C1CCCC1. The molecule has 18 heavy (non-hydrogen) atoms. The van der Waals surface area contributed by atoms with Gasteiger partial charge in [-0.2, -0.15) is 0 Å². The number of aromatic amines is 1. The number of hydrogen-bond donors (Lipinski definition) is 1. The van der Waals surface area contributed by atoms with Gasteiger partial charge in [0.1, 0.15) is 5.69 Å². The lowest BCUT2D eigenvalue weighted by Crippen LogP contribution is -2.39. The largest absolute Gasteiger partial charge is 0.356 e. The van der Waals surface area contributed by atoms with Crippen LogP contribution in [0.3, 0.4) is 0 Å². The van der Waals surface area contributed by atoms with Gasteiger partial charge in [0.15, 0.2) is 0 Å². The Morgan fingerprint density at radius 2 is 2.06 bits per heavy atom. The number of aromatic nitrogens is 1. The van der Waals surface area contributed by atoms with Gasteiger partial charge in [0.05, 0.1) is 5.02 Å². The molecule has 2 heterocycles. The number of amides is 1. The van der Waals surface area contributed by atoms with E-state index in [2.05, 4.69) is 9.88 Å². The number of nitrogens with one attached hydrogen (secondary N) is 1. The van der Waals surface area contributed by atoms with Crippen LogP contribution in [-0.2, 0) is 0 Å². The summed E-state index contributed by atoms with van der Waals surface area (Å²) in [4.78, 5) is 17.5. The van der Waals surface area contributed by atoms with Crippen LogP contribution >= 0.6 is 11.6 Å². The predicted octanol–water partition coefficient (Wildman–Crippen LogP) is 3.46. The Bertz CT molecular complexity index is 437. The molecule has 1 aliphatic carbocycles. The van der Waals surface area contributed by atoms with Crippen molar-refractivity contribution in [2.45, 2.75) is 44.6 Å². The van der Waals surface area contributed by atoms with Crippen LogP contribution in [0.25, 0.3) is 0 Å². The molecule has 1 atom stereocenters. The van der Waals surface area contributed by atoms with E-state index >= 15 is 0 Å². The van der Waals surface area contributed by atoms with Crippen LogP contribution in [0.4, 0.5) is 0 Å². The highest BCUT2D eigenvalue weighted by Gasteiger charge is 2.36. The maximum Gasteiger partial charge on any atom is 0.270 e. The fourth-order valence-corrected chi connectivity index (χ4v) is 3.69. The molecule has 2 fully saturated rings. The van der Waals surface area contributed by atoms with Gasteiger partial charge in [-0.25, -0.2) is 0 Å². The van der Waals surface area contributed by atoms with Gasteiger partial charge in [-0.05, 0) is 37.7 Å². The lowest BCUT2D eigenvalue weighted by atomic mass is 9.96. The van der Waals surface area contributed by atoms with Crippen molar-refractivity contribution in [3.8, 4) is 0 Å². The normalized spacial score (nSPS) is 24.9. The van der Waals surface area contributed by atoms with E-state index in [4.69, 9.17) is 11.6 Å². The molecule has 1 saturated heterocycles. The average Bonchev–Trinajstić information content (AvgIpc) is 3.08. The maximum absolute atomic E-state index is 12.5. The summed E-state index contributed by atoms with van der Waals surface area (Å²) in [5.74, 6) is 0.846. The first kappa shape index (κ1) is 12.1. The van der Waals surface area contributed by atoms with Crippen molar-refractivity contribution in [2.75, 3.05) is 6.54 Å². The van der Waals surface area contributed by atoms with Gasteiger partial charge in [0.25, 0.3) is 5.91 Å². The summed E-state index contributed by atoms with van der Waals surface area (Å²) in [6.07, 6.45) is 9.23. The standard InChI is InChI=1S/C14H19ClN2O/c15-11-8-12(16-9-11)14(18)17-7-3-6-13(17)10-4-1-2-5-10/h8-10,13,16H,1-7H2. The van der Waals surface area contributed by atoms with E-state index in [9.17, 15) is 4.79 Å². The monoisotopic (exact) mass is 266 g/mol. The number of hydrogen-bond acceptors (Lipinski definition) is 1. The molecule has 2 aliphatic rings. The molecule has 0 spiro atoms. The first-order chi connectivity index (χ1) is 8.75. The second kappa shape index (κ2) is 4.96. The summed E-state index contributed by atoms with van der Waals surface area (Å²) >= 11 is 5.87. The molecule has 1 aliphatic heterocycles. The van der Waals surface area contributed by atoms with Crippen LogP contribution < -0.4 is 0 Å². The number of carbonyl (C=O) groups is 1. The molecule has 3 rings (SSSR count). The summed E-state index contributed by atoms with van der Waals surface area (Å²) < 4.78 is 0. The van der Waals surface area contributed by atoms with Gasteiger partial charge in [-0.3, -0.25) is 4.79 Å². The van der Waals surface area contributed by atoms with E-state index < -0.39 is 0 Å². The first-order valence-electron chi connectivity index (χ1n) is 6.90. The van der Waals surface area contributed by atoms with Crippen molar-refractivity contribution in [3.63, 3.8) is 0 Å². The molecule has 3 nitrogen and oxygen atoms in total. The van der Waals surface area contributed by atoms with Crippen molar-refractivity contribution in [3.05, 3.63) is 23.0 Å². The highest BCUT2D eigenvalue weighted by molar-refractivity contribution is 6.30. The summed E-state index contributed by atoms with van der Waals surface area (Å²) in [6, 6.07) is 2.19. The lowest BCUT2D eigenvalue weighted by Gasteiger charge is -2.29. The fraction of sp³-hybridized carbons (Fsp3) is 0.643. The predicted molar refractivity (Wildman–Crippen MR) is 71.8 cm³/mol. The molecule has 0 aromatic carbocycles. The number of carbonyl (C=O) groups excluding carboxylic acids is 1. The zero-order valence-electron chi connectivity index (χ0n) is 10.5. The quantitative estimate of drug-likeness (QED) is 0.874. The lowest BCUT2D eigenvalue weighted by molar-refractivity contribution is 0.0684. The van der Waals surface area contributed by atoms with Gasteiger partial charge in [-0.15, -0.1) is 0 Å². The zero-order chi connectivity index (χ0) is 12.5. The van der Waals surface area contributed by atoms with Crippen molar-refractivity contribution >= 4 is 17.5 Å². The van der Waals surface area contributed by atoms with E-state index in [1.165, 1.54) is 32.1 Å². The maximum atomic E-state index is 12.5. The third kappa shape index (κ3) is 2.16. The molecule has 0 bridgehead atoms. The van der Waals surface area contributed by atoms with Crippen LogP contribution in [-0.4, -0.2) is 28.4 Å². The molecule has 98 valence electrons. The Hall–Kier alpha value is -0.960. The highest BCUT2D eigenvalue weighted by Crippen LogP contribution is 2.36. The zero-order valence-corrected chi connectivity index (χ0v) is 11.2. The van der Waals surface area contributed by atoms with E-state index in [0.29, 0.717) is 16.8 Å². The smallest absolute Gasteiger partial charge is 0.270 e. The minimum atomic E-state index is 0.122. The van der Waals surface area contributed by atoms with E-state index in [-0.39, 0.29) is 5.91 Å². The van der Waals surface area contributed by atoms with Crippen LogP contribution in [0.15, 0.2) is 12.3 Å². The second-order valence-corrected chi connectivity index (χ2v) is 5.92. The topological polar surface area (TPSA) is 36.1 Å². The van der Waals surface area contributed by atoms with Gasteiger partial charge in [0, 0.05) is 18.8 Å². The van der Waals surface area contributed by atoms with Gasteiger partial charge in [0.2, 0.25) is 0 Å². The summed E-state index contributed by atoms with van der Waals surface area (Å²) in [6.45, 7) is 0.899. The number of likely N-dealkylation sites (tertiary alicyclic amines) is 1. The highest BCUT2D eigenvalue weighted by atomic mass is 35.5. The number of nitrogens with zero attached hydrogens (tertiary/aromatic N) is 1. The van der Waals surface area contributed by atoms with Crippen LogP contribution in [0, 0.1) is 5.92 Å². The van der Waals surface area contributed by atoms with Crippen LogP contribution in [0.5, 0.6) is 0 Å². The Morgan fingerprint density at radius 1 is 1.28 bits per heavy atom. The molecule has 1 aromatic rings. The summed E-state index contributed by atoms with van der Waals surface area (Å²) in [5, 5.41) is 0.606. The second-order valence-electron chi connectivity index (χ2n) is 5.48. The molecule has 1 N–H and O–H groups in total. The van der Waals surface area contributed by atoms with Crippen molar-refractivity contribution in [2.24, 2.45) is 5.92 Å². The summed E-state index contributed by atoms with van der Waals surface area (Å²) in [5.41, 5.74) is 0.630. The van der Waals surface area contributed by atoms with Gasteiger partial charge in [-0.1, -0.05) is 24.4 Å². The van der Waals surface area contributed by atoms with E-state index in [0.717, 1.165) is 18.9 Å². The van der Waals surface area contributed by atoms with E-state index in [1.54, 1.807) is 12.3 Å². The molecular formula is C14H19ClN2O. The van der Waals surface area contributed by atoms with Crippen molar-refractivity contribution < 1.29 is 4.79 Å². The minimum absolute atomic E-state index is 0.122. The van der Waals surface area contributed by atoms with E-state index in [1.807, 2.05) is 0 Å². The van der Waals surface area contributed by atoms with Crippen LogP contribution in [0.2, 0.25) is 5.02 Å². The molecule has 0 radical (unpaired) electrons. The van der Waals surface area contributed by atoms with Crippen LogP contribution in [0.1, 0.15) is 49.0 Å². The summed E-state index contributed by atoms with van der Waals surface area (Å²) in [7, 11) is 0. The number of halogens is 1. The van der Waals surface area contributed by atoms with Gasteiger partial charge < -0.3 is 9.88 Å². The molecule has 1 aromatic heterocycles. The Balaban J connectivity index is 1.75. The first-order valence-corrected chi connectivity index (χ1v) is 7.28. The third-order valence-electron chi connectivity index (χ3n) is 4.38. The number of rotatable bonds is 2. The Labute approximate surface area is 113 Å². The molecule has 4 heteroatoms. The molecule has 1 amide bonds. The van der Waals surface area contributed by atoms with Crippen molar-refractivity contribution in [1.29, 1.82) is 0 Å². The molecule has 1 unspecified atom stereocenters. The Kier molecular flexibility index (Phi) is 3.33. The average molecular weight is 267 g/mol. The molecular weight excluding hydrogens is 248 g/mol. The number of H-pyrrole nitrogens is 1. The van der Waals surface area contributed by atoms with Crippen molar-refractivity contribution in [1.82, 2.24) is 9.88 Å².